The molecule has 116 valence electrons. The molecule has 0 bridgehead atoms. The van der Waals surface area contributed by atoms with Crippen molar-refractivity contribution in [3.63, 3.8) is 0 Å². The molecule has 0 atom stereocenters. The molecule has 1 heterocycles. The normalized spacial score (nSPS) is 17.9. The first-order valence-corrected chi connectivity index (χ1v) is 8.42. The van der Waals surface area contributed by atoms with Gasteiger partial charge in [0.05, 0.1) is 12.7 Å². The molecule has 0 spiro atoms. The molecule has 21 heavy (non-hydrogen) atoms. The lowest BCUT2D eigenvalue weighted by Crippen LogP contribution is -2.26. The molecule has 4 heteroatoms. The number of methoxy groups -OCH3 is 1. The average molecular weight is 354 g/mol. The highest BCUT2D eigenvalue weighted by Gasteiger charge is 2.34. The van der Waals surface area contributed by atoms with Gasteiger partial charge in [0.15, 0.2) is 0 Å². The van der Waals surface area contributed by atoms with Crippen molar-refractivity contribution in [2.45, 2.75) is 39.7 Å². The summed E-state index contributed by atoms with van der Waals surface area (Å²) in [5.74, 6) is -0.292. The van der Waals surface area contributed by atoms with Crippen LogP contribution in [0.2, 0.25) is 0 Å². The Bertz CT molecular complexity index is 512. The van der Waals surface area contributed by atoms with Gasteiger partial charge in [0, 0.05) is 17.6 Å². The molecule has 1 aromatic carbocycles. The number of hydrogen-bond acceptors (Lipinski definition) is 3. The Hall–Kier alpha value is -0.870. The van der Waals surface area contributed by atoms with Crippen molar-refractivity contribution in [2.75, 3.05) is 20.2 Å². The highest BCUT2D eigenvalue weighted by atomic mass is 79.9. The second-order valence-corrected chi connectivity index (χ2v) is 6.82. The minimum absolute atomic E-state index is 0.292. The minimum atomic E-state index is -0.292. The van der Waals surface area contributed by atoms with E-state index in [-0.39, 0.29) is 5.97 Å². The van der Waals surface area contributed by atoms with Crippen LogP contribution in [0.3, 0.4) is 0 Å². The second-order valence-electron chi connectivity index (χ2n) is 5.97. The fraction of sp³-hybridized carbons (Fsp3) is 0.588. The molecule has 1 fully saturated rings. The largest absolute Gasteiger partial charge is 0.465 e. The van der Waals surface area contributed by atoms with Gasteiger partial charge >= 0.3 is 5.97 Å². The number of halogens is 1. The zero-order chi connectivity index (χ0) is 15.5. The molecule has 0 amide bonds. The third kappa shape index (κ3) is 3.67. The van der Waals surface area contributed by atoms with Crippen LogP contribution < -0.4 is 0 Å². The molecule has 0 N–H and O–H groups in total. The van der Waals surface area contributed by atoms with E-state index in [1.165, 1.54) is 38.5 Å². The smallest absolute Gasteiger partial charge is 0.337 e. The summed E-state index contributed by atoms with van der Waals surface area (Å²) in [5, 5.41) is 0. The second kappa shape index (κ2) is 6.93. The Morgan fingerprint density at radius 1 is 1.38 bits per heavy atom. The fourth-order valence-electron chi connectivity index (χ4n) is 3.15. The Balaban J connectivity index is 2.06. The fourth-order valence-corrected chi connectivity index (χ4v) is 3.66. The summed E-state index contributed by atoms with van der Waals surface area (Å²) in [4.78, 5) is 14.0. The van der Waals surface area contributed by atoms with E-state index in [9.17, 15) is 4.79 Å². The Labute approximate surface area is 135 Å². The van der Waals surface area contributed by atoms with Crippen LogP contribution in [-0.2, 0) is 11.3 Å². The first-order chi connectivity index (χ1) is 10.0. The Morgan fingerprint density at radius 2 is 2.10 bits per heavy atom. The minimum Gasteiger partial charge on any atom is -0.465 e. The molecule has 3 nitrogen and oxygen atoms in total. The number of hydrogen-bond donors (Lipinski definition) is 0. The molecule has 0 aromatic heterocycles. The molecule has 1 aliphatic heterocycles. The SMILES string of the molecule is CCC1(CC)CCN(Cc2ccc(C(=O)OC)cc2Br)C1. The maximum Gasteiger partial charge on any atom is 0.337 e. The van der Waals surface area contributed by atoms with Gasteiger partial charge in [0.2, 0.25) is 0 Å². The lowest BCUT2D eigenvalue weighted by molar-refractivity contribution is 0.0600. The number of rotatable bonds is 5. The predicted octanol–water partition coefficient (Wildman–Crippen LogP) is 4.25. The van der Waals surface area contributed by atoms with Gasteiger partial charge < -0.3 is 4.74 Å². The van der Waals surface area contributed by atoms with Crippen molar-refractivity contribution in [3.05, 3.63) is 33.8 Å². The highest BCUT2D eigenvalue weighted by molar-refractivity contribution is 9.10. The van der Waals surface area contributed by atoms with Gasteiger partial charge in [-0.3, -0.25) is 4.90 Å². The summed E-state index contributed by atoms with van der Waals surface area (Å²) in [6, 6.07) is 5.72. The van der Waals surface area contributed by atoms with E-state index in [1.54, 1.807) is 0 Å². The topological polar surface area (TPSA) is 29.5 Å². The van der Waals surface area contributed by atoms with Gasteiger partial charge in [-0.25, -0.2) is 4.79 Å². The molecule has 0 aliphatic carbocycles. The first-order valence-electron chi connectivity index (χ1n) is 7.62. The van der Waals surface area contributed by atoms with Crippen molar-refractivity contribution in [1.29, 1.82) is 0 Å². The quantitative estimate of drug-likeness (QED) is 0.741. The number of ether oxygens (including phenoxy) is 1. The lowest BCUT2D eigenvalue weighted by atomic mass is 9.82. The van der Waals surface area contributed by atoms with Crippen molar-refractivity contribution in [3.8, 4) is 0 Å². The number of carbonyl (C=O) groups is 1. The van der Waals surface area contributed by atoms with Crippen LogP contribution in [0.4, 0.5) is 0 Å². The number of esters is 1. The van der Waals surface area contributed by atoms with E-state index in [0.717, 1.165) is 17.6 Å². The number of carbonyl (C=O) groups excluding carboxylic acids is 1. The summed E-state index contributed by atoms with van der Waals surface area (Å²) in [5.41, 5.74) is 2.31. The van der Waals surface area contributed by atoms with Gasteiger partial charge in [0.25, 0.3) is 0 Å². The molecular weight excluding hydrogens is 330 g/mol. The van der Waals surface area contributed by atoms with E-state index < -0.39 is 0 Å². The number of benzene rings is 1. The average Bonchev–Trinajstić information content (AvgIpc) is 2.92. The van der Waals surface area contributed by atoms with E-state index in [4.69, 9.17) is 4.74 Å². The summed E-state index contributed by atoms with van der Waals surface area (Å²) in [6.07, 6.45) is 3.79. The third-order valence-corrected chi connectivity index (χ3v) is 5.62. The van der Waals surface area contributed by atoms with Gasteiger partial charge in [0.1, 0.15) is 0 Å². The third-order valence-electron chi connectivity index (χ3n) is 4.89. The van der Waals surface area contributed by atoms with Crippen molar-refractivity contribution < 1.29 is 9.53 Å². The molecular formula is C17H24BrNO2. The Morgan fingerprint density at radius 3 is 2.62 bits per heavy atom. The van der Waals surface area contributed by atoms with Crippen LogP contribution in [0, 0.1) is 5.41 Å². The maximum atomic E-state index is 11.5. The van der Waals surface area contributed by atoms with Gasteiger partial charge in [-0.05, 0) is 48.9 Å². The summed E-state index contributed by atoms with van der Waals surface area (Å²) in [6.45, 7) is 7.87. The van der Waals surface area contributed by atoms with Gasteiger partial charge in [-0.1, -0.05) is 35.8 Å². The molecule has 2 rings (SSSR count). The zero-order valence-corrected chi connectivity index (χ0v) is 14.7. The van der Waals surface area contributed by atoms with Crippen LogP contribution in [0.15, 0.2) is 22.7 Å². The van der Waals surface area contributed by atoms with Crippen LogP contribution in [0.25, 0.3) is 0 Å². The van der Waals surface area contributed by atoms with Crippen molar-refractivity contribution in [2.24, 2.45) is 5.41 Å². The standard InChI is InChI=1S/C17H24BrNO2/c1-4-17(5-2)8-9-19(12-17)11-14-7-6-13(10-15(14)18)16(20)21-3/h6-7,10H,4-5,8-9,11-12H2,1-3H3. The highest BCUT2D eigenvalue weighted by Crippen LogP contribution is 2.37. The predicted molar refractivity (Wildman–Crippen MR) is 88.4 cm³/mol. The number of nitrogens with zero attached hydrogens (tertiary/aromatic N) is 1. The lowest BCUT2D eigenvalue weighted by Gasteiger charge is -2.26. The van der Waals surface area contributed by atoms with Crippen molar-refractivity contribution in [1.82, 2.24) is 4.90 Å². The van der Waals surface area contributed by atoms with E-state index in [1.807, 2.05) is 18.2 Å². The molecule has 0 saturated carbocycles. The van der Waals surface area contributed by atoms with Gasteiger partial charge in [-0.2, -0.15) is 0 Å². The molecule has 1 saturated heterocycles. The summed E-state index contributed by atoms with van der Waals surface area (Å²) in [7, 11) is 1.41. The van der Waals surface area contributed by atoms with E-state index in [0.29, 0.717) is 11.0 Å². The monoisotopic (exact) mass is 353 g/mol. The molecule has 0 unspecified atom stereocenters. The summed E-state index contributed by atoms with van der Waals surface area (Å²) < 4.78 is 5.73. The number of likely N-dealkylation sites (tertiary alicyclic amines) is 1. The summed E-state index contributed by atoms with van der Waals surface area (Å²) >= 11 is 3.58. The molecule has 0 radical (unpaired) electrons. The van der Waals surface area contributed by atoms with E-state index in [2.05, 4.69) is 34.7 Å². The zero-order valence-electron chi connectivity index (χ0n) is 13.1. The molecule has 1 aliphatic rings. The molecule has 1 aromatic rings. The van der Waals surface area contributed by atoms with Crippen LogP contribution in [0.5, 0.6) is 0 Å². The maximum absolute atomic E-state index is 11.5. The van der Waals surface area contributed by atoms with Crippen LogP contribution in [-0.4, -0.2) is 31.1 Å². The van der Waals surface area contributed by atoms with Crippen molar-refractivity contribution >= 4 is 21.9 Å². The van der Waals surface area contributed by atoms with E-state index >= 15 is 0 Å². The van der Waals surface area contributed by atoms with Crippen LogP contribution in [0.1, 0.15) is 49.0 Å². The Kier molecular flexibility index (Phi) is 5.44. The van der Waals surface area contributed by atoms with Crippen LogP contribution >= 0.6 is 15.9 Å². The van der Waals surface area contributed by atoms with Gasteiger partial charge in [-0.15, -0.1) is 0 Å². The first kappa shape index (κ1) is 16.5.